The number of likely N-dealkylation sites (N-methyl/N-ethyl adjacent to an activating group) is 1. The van der Waals surface area contributed by atoms with Gasteiger partial charge in [-0.1, -0.05) is 18.2 Å². The molecule has 118 valence electrons. The van der Waals surface area contributed by atoms with Crippen molar-refractivity contribution in [3.8, 4) is 17.2 Å². The van der Waals surface area contributed by atoms with Gasteiger partial charge >= 0.3 is 0 Å². The Morgan fingerprint density at radius 2 is 1.83 bits per heavy atom. The van der Waals surface area contributed by atoms with Gasteiger partial charge in [-0.2, -0.15) is 0 Å². The Bertz CT molecular complexity index is 841. The van der Waals surface area contributed by atoms with Crippen LogP contribution in [-0.2, 0) is 5.41 Å². The molecule has 2 aromatic carbocycles. The molecular weight excluding hydrogens is 290 g/mol. The highest BCUT2D eigenvalue weighted by Gasteiger charge is 2.57. The number of phenols is 2. The molecule has 23 heavy (non-hydrogen) atoms. The van der Waals surface area contributed by atoms with Crippen LogP contribution in [0, 0.1) is 0 Å². The highest BCUT2D eigenvalue weighted by Crippen LogP contribution is 2.55. The predicted octanol–water partition coefficient (Wildman–Crippen LogP) is 3.63. The number of aromatic hydroxyl groups is 2. The molecule has 1 spiro atoms. The number of rotatable bonds is 0. The van der Waals surface area contributed by atoms with Gasteiger partial charge in [-0.3, -0.25) is 0 Å². The first kappa shape index (κ1) is 14.0. The maximum absolute atomic E-state index is 10.0. The summed E-state index contributed by atoms with van der Waals surface area (Å²) < 4.78 is 6.37. The number of anilines is 1. The van der Waals surface area contributed by atoms with Crippen LogP contribution >= 0.6 is 0 Å². The van der Waals surface area contributed by atoms with E-state index >= 15 is 0 Å². The normalized spacial score (nSPS) is 23.5. The van der Waals surface area contributed by atoms with E-state index in [0.29, 0.717) is 11.3 Å². The first-order chi connectivity index (χ1) is 10.9. The van der Waals surface area contributed by atoms with Crippen LogP contribution in [0.15, 0.2) is 42.5 Å². The number of hydrogen-bond acceptors (Lipinski definition) is 4. The fourth-order valence-electron chi connectivity index (χ4n) is 3.85. The molecule has 4 rings (SSSR count). The molecule has 2 aromatic rings. The third-order valence-electron chi connectivity index (χ3n) is 5.18. The first-order valence-corrected chi connectivity index (χ1v) is 7.64. The monoisotopic (exact) mass is 309 g/mol. The summed E-state index contributed by atoms with van der Waals surface area (Å²) in [6, 6.07) is 11.1. The van der Waals surface area contributed by atoms with Crippen molar-refractivity contribution in [2.75, 3.05) is 11.9 Å². The minimum Gasteiger partial charge on any atom is -0.508 e. The van der Waals surface area contributed by atoms with Gasteiger partial charge in [0, 0.05) is 24.9 Å². The molecule has 4 nitrogen and oxygen atoms in total. The molecule has 0 bridgehead atoms. The number of phenolic OH excluding ortho intramolecular Hbond substituents is 2. The second-order valence-corrected chi connectivity index (χ2v) is 6.71. The summed E-state index contributed by atoms with van der Waals surface area (Å²) in [7, 11) is 2.01. The van der Waals surface area contributed by atoms with E-state index in [0.717, 1.165) is 5.69 Å². The molecular formula is C19H19NO3. The van der Waals surface area contributed by atoms with E-state index in [4.69, 9.17) is 4.74 Å². The molecule has 2 aliphatic rings. The van der Waals surface area contributed by atoms with Crippen LogP contribution < -0.4 is 9.64 Å². The SMILES string of the molecule is CN1c2ccccc2C(C)(C)C12C=Cc1c(O)cc(O)cc1O2. The molecule has 0 saturated heterocycles. The quantitative estimate of drug-likeness (QED) is 0.780. The van der Waals surface area contributed by atoms with Gasteiger partial charge in [0.15, 0.2) is 0 Å². The van der Waals surface area contributed by atoms with Gasteiger partial charge in [0.25, 0.3) is 0 Å². The molecule has 0 aromatic heterocycles. The maximum atomic E-state index is 10.0. The van der Waals surface area contributed by atoms with Crippen molar-refractivity contribution in [1.29, 1.82) is 0 Å². The third kappa shape index (κ3) is 1.61. The Kier molecular flexibility index (Phi) is 2.57. The molecule has 0 saturated carbocycles. The summed E-state index contributed by atoms with van der Waals surface area (Å²) in [4.78, 5) is 2.11. The Balaban J connectivity index is 1.92. The van der Waals surface area contributed by atoms with Crippen molar-refractivity contribution in [2.45, 2.75) is 25.0 Å². The number of hydrogen-bond donors (Lipinski definition) is 2. The van der Waals surface area contributed by atoms with Gasteiger partial charge in [-0.05, 0) is 37.6 Å². The van der Waals surface area contributed by atoms with Gasteiger partial charge in [-0.15, -0.1) is 0 Å². The van der Waals surface area contributed by atoms with Crippen LogP contribution in [0.25, 0.3) is 6.08 Å². The summed E-state index contributed by atoms with van der Waals surface area (Å²) in [6.07, 6.45) is 3.86. The van der Waals surface area contributed by atoms with E-state index < -0.39 is 5.72 Å². The fraction of sp³-hybridized carbons (Fsp3) is 0.263. The highest BCUT2D eigenvalue weighted by molar-refractivity contribution is 5.74. The Morgan fingerprint density at radius 1 is 1.09 bits per heavy atom. The fourth-order valence-corrected chi connectivity index (χ4v) is 3.85. The second kappa shape index (κ2) is 4.22. The van der Waals surface area contributed by atoms with Crippen molar-refractivity contribution < 1.29 is 14.9 Å². The van der Waals surface area contributed by atoms with E-state index in [9.17, 15) is 10.2 Å². The van der Waals surface area contributed by atoms with Crippen LogP contribution in [0.1, 0.15) is 25.0 Å². The largest absolute Gasteiger partial charge is 0.508 e. The number of para-hydroxylation sites is 1. The Labute approximate surface area is 135 Å². The van der Waals surface area contributed by atoms with E-state index in [1.165, 1.54) is 11.6 Å². The zero-order chi connectivity index (χ0) is 16.4. The molecule has 0 radical (unpaired) electrons. The minimum atomic E-state index is -0.704. The van der Waals surface area contributed by atoms with E-state index in [1.807, 2.05) is 31.3 Å². The summed E-state index contributed by atoms with van der Waals surface area (Å²) in [5.41, 5.74) is 1.92. The van der Waals surface area contributed by atoms with E-state index in [-0.39, 0.29) is 16.9 Å². The minimum absolute atomic E-state index is 0.0114. The maximum Gasteiger partial charge on any atom is 0.211 e. The summed E-state index contributed by atoms with van der Waals surface area (Å²) >= 11 is 0. The zero-order valence-electron chi connectivity index (χ0n) is 13.4. The molecule has 2 aliphatic heterocycles. The molecule has 2 N–H and O–H groups in total. The lowest BCUT2D eigenvalue weighted by Crippen LogP contribution is -2.58. The average molecular weight is 309 g/mol. The number of fused-ring (bicyclic) bond motifs is 2. The summed E-state index contributed by atoms with van der Waals surface area (Å²) in [5.74, 6) is 0.488. The molecule has 0 aliphatic carbocycles. The van der Waals surface area contributed by atoms with Crippen LogP contribution in [0.2, 0.25) is 0 Å². The van der Waals surface area contributed by atoms with Gasteiger partial charge in [0.1, 0.15) is 17.2 Å². The molecule has 0 fully saturated rings. The van der Waals surface area contributed by atoms with Crippen molar-refractivity contribution >= 4 is 11.8 Å². The van der Waals surface area contributed by atoms with Crippen LogP contribution in [0.4, 0.5) is 5.69 Å². The lowest BCUT2D eigenvalue weighted by molar-refractivity contribution is 0.0576. The van der Waals surface area contributed by atoms with Crippen LogP contribution in [0.5, 0.6) is 17.2 Å². The van der Waals surface area contributed by atoms with E-state index in [2.05, 4.69) is 30.9 Å². The number of nitrogens with zero attached hydrogens (tertiary/aromatic N) is 1. The van der Waals surface area contributed by atoms with Gasteiger partial charge in [0.2, 0.25) is 5.72 Å². The molecule has 0 amide bonds. The topological polar surface area (TPSA) is 52.9 Å². The van der Waals surface area contributed by atoms with Crippen LogP contribution in [0.3, 0.4) is 0 Å². The van der Waals surface area contributed by atoms with Crippen molar-refractivity contribution in [2.24, 2.45) is 0 Å². The van der Waals surface area contributed by atoms with E-state index in [1.54, 1.807) is 6.07 Å². The summed E-state index contributed by atoms with van der Waals surface area (Å²) in [6.45, 7) is 4.29. The average Bonchev–Trinajstić information content (AvgIpc) is 2.67. The first-order valence-electron chi connectivity index (χ1n) is 7.64. The Hall–Kier alpha value is -2.62. The molecule has 1 unspecified atom stereocenters. The lowest BCUT2D eigenvalue weighted by Gasteiger charge is -2.45. The smallest absolute Gasteiger partial charge is 0.211 e. The molecule has 1 atom stereocenters. The second-order valence-electron chi connectivity index (χ2n) is 6.71. The van der Waals surface area contributed by atoms with Gasteiger partial charge in [0.05, 0.1) is 11.0 Å². The third-order valence-corrected chi connectivity index (χ3v) is 5.18. The van der Waals surface area contributed by atoms with Gasteiger partial charge < -0.3 is 19.8 Å². The lowest BCUT2D eigenvalue weighted by atomic mass is 9.76. The number of benzene rings is 2. The van der Waals surface area contributed by atoms with Crippen molar-refractivity contribution in [3.63, 3.8) is 0 Å². The van der Waals surface area contributed by atoms with Gasteiger partial charge in [-0.25, -0.2) is 0 Å². The molecule has 4 heteroatoms. The number of ether oxygens (including phenoxy) is 1. The van der Waals surface area contributed by atoms with Crippen LogP contribution in [-0.4, -0.2) is 23.0 Å². The molecule has 2 heterocycles. The summed E-state index contributed by atoms with van der Waals surface area (Å²) in [5, 5.41) is 19.8. The van der Waals surface area contributed by atoms with Crippen molar-refractivity contribution in [1.82, 2.24) is 0 Å². The standard InChI is InChI=1S/C19H19NO3/c1-18(2)14-6-4-5-7-15(14)20(3)19(18)9-8-13-16(22)10-12(21)11-17(13)23-19/h4-11,21-22H,1-3H3. The zero-order valence-corrected chi connectivity index (χ0v) is 13.4. The predicted molar refractivity (Wildman–Crippen MR) is 90.0 cm³/mol. The van der Waals surface area contributed by atoms with Crippen molar-refractivity contribution in [3.05, 3.63) is 53.6 Å². The highest BCUT2D eigenvalue weighted by atomic mass is 16.5. The Morgan fingerprint density at radius 3 is 2.57 bits per heavy atom.